The van der Waals surface area contributed by atoms with E-state index in [-0.39, 0.29) is 5.91 Å². The first-order valence-electron chi connectivity index (χ1n) is 10.7. The van der Waals surface area contributed by atoms with Gasteiger partial charge in [-0.1, -0.05) is 39.0 Å². The number of ether oxygens (including phenoxy) is 1. The van der Waals surface area contributed by atoms with Gasteiger partial charge < -0.3 is 15.4 Å². The SMILES string of the molecule is CC(C)(C)OC(=O)NC(C(=O)Nc1nc(-c2cccc(-c3ccncc3)c2)cs1)C(C)(C)C. The lowest BCUT2D eigenvalue weighted by Gasteiger charge is -2.31. The highest BCUT2D eigenvalue weighted by molar-refractivity contribution is 7.14. The van der Waals surface area contributed by atoms with Crippen LogP contribution in [0, 0.1) is 5.41 Å². The molecule has 33 heavy (non-hydrogen) atoms. The van der Waals surface area contributed by atoms with Gasteiger partial charge in [0.1, 0.15) is 11.6 Å². The summed E-state index contributed by atoms with van der Waals surface area (Å²) in [6.07, 6.45) is 2.88. The van der Waals surface area contributed by atoms with Gasteiger partial charge in [0.15, 0.2) is 5.13 Å². The number of anilines is 1. The lowest BCUT2D eigenvalue weighted by Crippen LogP contribution is -2.52. The van der Waals surface area contributed by atoms with E-state index in [1.165, 1.54) is 11.3 Å². The number of pyridine rings is 1. The second-order valence-corrected chi connectivity index (χ2v) is 10.6. The summed E-state index contributed by atoms with van der Waals surface area (Å²) < 4.78 is 5.33. The first-order chi connectivity index (χ1) is 15.4. The van der Waals surface area contributed by atoms with Gasteiger partial charge in [-0.3, -0.25) is 9.78 Å². The molecule has 2 heterocycles. The monoisotopic (exact) mass is 466 g/mol. The minimum Gasteiger partial charge on any atom is -0.444 e. The van der Waals surface area contributed by atoms with E-state index in [1.807, 2.05) is 56.5 Å². The molecule has 3 rings (SSSR count). The summed E-state index contributed by atoms with van der Waals surface area (Å²) in [6, 6.07) is 11.2. The molecular weight excluding hydrogens is 436 g/mol. The quantitative estimate of drug-likeness (QED) is 0.499. The molecule has 1 atom stereocenters. The molecule has 8 heteroatoms. The predicted molar refractivity (Wildman–Crippen MR) is 132 cm³/mol. The van der Waals surface area contributed by atoms with E-state index in [9.17, 15) is 9.59 Å². The molecular formula is C25H30N4O3S. The Morgan fingerprint density at radius 3 is 2.27 bits per heavy atom. The molecule has 1 unspecified atom stereocenters. The van der Waals surface area contributed by atoms with E-state index in [2.05, 4.69) is 26.7 Å². The molecule has 0 bridgehead atoms. The third kappa shape index (κ3) is 6.86. The summed E-state index contributed by atoms with van der Waals surface area (Å²) in [5.74, 6) is -0.347. The number of alkyl carbamates (subject to hydrolysis) is 1. The van der Waals surface area contributed by atoms with Crippen molar-refractivity contribution >= 4 is 28.5 Å². The molecule has 2 aromatic heterocycles. The number of aromatic nitrogens is 2. The summed E-state index contributed by atoms with van der Waals surface area (Å²) >= 11 is 1.33. The van der Waals surface area contributed by atoms with Crippen molar-refractivity contribution in [3.63, 3.8) is 0 Å². The summed E-state index contributed by atoms with van der Waals surface area (Å²) in [6.45, 7) is 11.0. The Hall–Kier alpha value is -3.26. The van der Waals surface area contributed by atoms with E-state index in [0.29, 0.717) is 5.13 Å². The van der Waals surface area contributed by atoms with E-state index < -0.39 is 23.2 Å². The summed E-state index contributed by atoms with van der Waals surface area (Å²) in [7, 11) is 0. The number of thiazole rings is 1. The van der Waals surface area contributed by atoms with Crippen molar-refractivity contribution < 1.29 is 14.3 Å². The van der Waals surface area contributed by atoms with Gasteiger partial charge in [0, 0.05) is 23.3 Å². The second-order valence-electron chi connectivity index (χ2n) is 9.79. The zero-order valence-electron chi connectivity index (χ0n) is 19.8. The largest absolute Gasteiger partial charge is 0.444 e. The normalized spacial score (nSPS) is 12.7. The van der Waals surface area contributed by atoms with Crippen LogP contribution in [0.5, 0.6) is 0 Å². The van der Waals surface area contributed by atoms with Crippen molar-refractivity contribution in [2.75, 3.05) is 5.32 Å². The molecule has 0 spiro atoms. The van der Waals surface area contributed by atoms with Crippen molar-refractivity contribution in [3.05, 3.63) is 54.2 Å². The number of carbonyl (C=O) groups excluding carboxylic acids is 2. The standard InChI is InChI=1S/C25H30N4O3S/c1-24(2,3)20(28-23(31)32-25(4,5)6)21(30)29-22-27-19(15-33-22)18-9-7-8-17(14-18)16-10-12-26-13-11-16/h7-15,20H,1-6H3,(H,28,31)(H,27,29,30). The van der Waals surface area contributed by atoms with Crippen molar-refractivity contribution in [2.45, 2.75) is 53.2 Å². The number of hydrogen-bond donors (Lipinski definition) is 2. The van der Waals surface area contributed by atoms with Crippen LogP contribution in [-0.4, -0.2) is 33.6 Å². The average molecular weight is 467 g/mol. The fourth-order valence-corrected chi connectivity index (χ4v) is 3.87. The molecule has 0 aliphatic heterocycles. The molecule has 3 aromatic rings. The van der Waals surface area contributed by atoms with Gasteiger partial charge in [-0.15, -0.1) is 11.3 Å². The van der Waals surface area contributed by atoms with Crippen LogP contribution < -0.4 is 10.6 Å². The van der Waals surface area contributed by atoms with E-state index in [0.717, 1.165) is 22.4 Å². The van der Waals surface area contributed by atoms with Crippen LogP contribution in [0.25, 0.3) is 22.4 Å². The number of nitrogens with zero attached hydrogens (tertiary/aromatic N) is 2. The zero-order valence-corrected chi connectivity index (χ0v) is 20.6. The molecule has 0 saturated carbocycles. The van der Waals surface area contributed by atoms with Gasteiger partial charge in [0.25, 0.3) is 0 Å². The molecule has 2 N–H and O–H groups in total. The van der Waals surface area contributed by atoms with Gasteiger partial charge in [-0.05, 0) is 55.5 Å². The molecule has 7 nitrogen and oxygen atoms in total. The lowest BCUT2D eigenvalue weighted by molar-refractivity contribution is -0.120. The van der Waals surface area contributed by atoms with Gasteiger partial charge in [-0.25, -0.2) is 9.78 Å². The Bertz CT molecular complexity index is 1110. The minimum absolute atomic E-state index is 0.347. The van der Waals surface area contributed by atoms with Crippen LogP contribution in [0.1, 0.15) is 41.5 Å². The minimum atomic E-state index is -0.797. The maximum absolute atomic E-state index is 13.0. The molecule has 0 aliphatic rings. The van der Waals surface area contributed by atoms with E-state index in [1.54, 1.807) is 33.2 Å². The Kier molecular flexibility index (Phi) is 7.17. The van der Waals surface area contributed by atoms with Crippen molar-refractivity contribution in [2.24, 2.45) is 5.41 Å². The van der Waals surface area contributed by atoms with Crippen molar-refractivity contribution in [1.29, 1.82) is 0 Å². The van der Waals surface area contributed by atoms with Crippen LogP contribution in [0.2, 0.25) is 0 Å². The lowest BCUT2D eigenvalue weighted by atomic mass is 9.86. The highest BCUT2D eigenvalue weighted by atomic mass is 32.1. The van der Waals surface area contributed by atoms with Gasteiger partial charge in [0.05, 0.1) is 5.69 Å². The molecule has 2 amide bonds. The molecule has 174 valence electrons. The van der Waals surface area contributed by atoms with Crippen LogP contribution in [0.15, 0.2) is 54.2 Å². The number of hydrogen-bond acceptors (Lipinski definition) is 6. The second kappa shape index (κ2) is 9.70. The Balaban J connectivity index is 1.75. The van der Waals surface area contributed by atoms with Crippen molar-refractivity contribution in [1.82, 2.24) is 15.3 Å². The van der Waals surface area contributed by atoms with Gasteiger partial charge in [0.2, 0.25) is 5.91 Å². The molecule has 0 radical (unpaired) electrons. The van der Waals surface area contributed by atoms with Crippen LogP contribution in [0.4, 0.5) is 9.93 Å². The van der Waals surface area contributed by atoms with Crippen molar-refractivity contribution in [3.8, 4) is 22.4 Å². The summed E-state index contributed by atoms with van der Waals surface area (Å²) in [5.41, 5.74) is 2.65. The Morgan fingerprint density at radius 2 is 1.64 bits per heavy atom. The zero-order chi connectivity index (χ0) is 24.2. The predicted octanol–water partition coefficient (Wildman–Crippen LogP) is 5.75. The van der Waals surface area contributed by atoms with Crippen LogP contribution in [-0.2, 0) is 9.53 Å². The first-order valence-corrected chi connectivity index (χ1v) is 11.6. The smallest absolute Gasteiger partial charge is 0.408 e. The Morgan fingerprint density at radius 1 is 0.970 bits per heavy atom. The number of rotatable bonds is 5. The summed E-state index contributed by atoms with van der Waals surface area (Å²) in [5, 5.41) is 7.90. The topological polar surface area (TPSA) is 93.2 Å². The van der Waals surface area contributed by atoms with Gasteiger partial charge in [-0.2, -0.15) is 0 Å². The molecule has 1 aromatic carbocycles. The number of nitrogens with one attached hydrogen (secondary N) is 2. The number of amides is 2. The highest BCUT2D eigenvalue weighted by Gasteiger charge is 2.34. The third-order valence-electron chi connectivity index (χ3n) is 4.70. The first kappa shape index (κ1) is 24.4. The average Bonchev–Trinajstić information content (AvgIpc) is 3.19. The number of carbonyl (C=O) groups is 2. The molecule has 0 aliphatic carbocycles. The third-order valence-corrected chi connectivity index (χ3v) is 5.45. The Labute approximate surface area is 198 Å². The van der Waals surface area contributed by atoms with E-state index >= 15 is 0 Å². The fraction of sp³-hybridized carbons (Fsp3) is 0.360. The molecule has 0 fully saturated rings. The van der Waals surface area contributed by atoms with E-state index in [4.69, 9.17) is 4.74 Å². The van der Waals surface area contributed by atoms with Crippen LogP contribution in [0.3, 0.4) is 0 Å². The summed E-state index contributed by atoms with van der Waals surface area (Å²) in [4.78, 5) is 34.0. The fourth-order valence-electron chi connectivity index (χ4n) is 3.14. The molecule has 0 saturated heterocycles. The highest BCUT2D eigenvalue weighted by Crippen LogP contribution is 2.29. The maximum Gasteiger partial charge on any atom is 0.408 e. The van der Waals surface area contributed by atoms with Gasteiger partial charge >= 0.3 is 6.09 Å². The number of benzene rings is 1. The maximum atomic E-state index is 13.0. The van der Waals surface area contributed by atoms with Crippen LogP contribution >= 0.6 is 11.3 Å².